The van der Waals surface area contributed by atoms with E-state index >= 15 is 0 Å². The molecular formula is C15H11FN2O5S. The normalized spacial score (nSPS) is 13.5. The van der Waals surface area contributed by atoms with Gasteiger partial charge in [-0.1, -0.05) is 12.1 Å². The minimum atomic E-state index is -4.25. The molecule has 0 spiro atoms. The molecule has 0 unspecified atom stereocenters. The maximum absolute atomic E-state index is 13.6. The molecule has 124 valence electrons. The third-order valence-corrected chi connectivity index (χ3v) is 4.57. The average Bonchev–Trinajstić information content (AvgIpc) is 2.54. The SMILES string of the molecule is O=C1COc2ccc(S(=O)(=O)NC(=O)c3ccccc3F)cc2N1. The third-order valence-electron chi connectivity index (χ3n) is 3.24. The van der Waals surface area contributed by atoms with Crippen molar-refractivity contribution in [2.24, 2.45) is 0 Å². The molecule has 0 bridgehead atoms. The zero-order valence-electron chi connectivity index (χ0n) is 12.1. The van der Waals surface area contributed by atoms with Crippen molar-refractivity contribution in [3.63, 3.8) is 0 Å². The lowest BCUT2D eigenvalue weighted by atomic mass is 10.2. The Morgan fingerprint density at radius 3 is 2.71 bits per heavy atom. The number of hydrogen-bond acceptors (Lipinski definition) is 5. The van der Waals surface area contributed by atoms with E-state index in [1.54, 1.807) is 4.72 Å². The number of anilines is 1. The molecule has 2 aromatic carbocycles. The van der Waals surface area contributed by atoms with Crippen LogP contribution in [0.3, 0.4) is 0 Å². The van der Waals surface area contributed by atoms with E-state index in [0.29, 0.717) is 5.75 Å². The summed E-state index contributed by atoms with van der Waals surface area (Å²) < 4.78 is 45.1. The number of carbonyl (C=O) groups is 2. The summed E-state index contributed by atoms with van der Waals surface area (Å²) in [6.07, 6.45) is 0. The van der Waals surface area contributed by atoms with Crippen LogP contribution in [0.5, 0.6) is 5.75 Å². The van der Waals surface area contributed by atoms with Gasteiger partial charge in [-0.05, 0) is 30.3 Å². The second-order valence-corrected chi connectivity index (χ2v) is 6.59. The summed E-state index contributed by atoms with van der Waals surface area (Å²) >= 11 is 0. The third kappa shape index (κ3) is 3.06. The summed E-state index contributed by atoms with van der Waals surface area (Å²) in [7, 11) is -4.25. The lowest BCUT2D eigenvalue weighted by Gasteiger charge is -2.18. The van der Waals surface area contributed by atoms with E-state index in [0.717, 1.165) is 12.1 Å². The van der Waals surface area contributed by atoms with Gasteiger partial charge in [-0.3, -0.25) is 9.59 Å². The van der Waals surface area contributed by atoms with Gasteiger partial charge in [-0.2, -0.15) is 0 Å². The highest BCUT2D eigenvalue weighted by Crippen LogP contribution is 2.30. The standard InChI is InChI=1S/C15H11FN2O5S/c16-11-4-2-1-3-10(11)15(20)18-24(21,22)9-5-6-13-12(7-9)17-14(19)8-23-13/h1-7H,8H2,(H,17,19)(H,18,20). The summed E-state index contributed by atoms with van der Waals surface area (Å²) in [5, 5.41) is 2.47. The predicted molar refractivity (Wildman–Crippen MR) is 81.6 cm³/mol. The fraction of sp³-hybridized carbons (Fsp3) is 0.0667. The van der Waals surface area contributed by atoms with Crippen LogP contribution in [0.1, 0.15) is 10.4 Å². The van der Waals surface area contributed by atoms with Gasteiger partial charge in [0.1, 0.15) is 11.6 Å². The molecule has 2 aromatic rings. The van der Waals surface area contributed by atoms with Crippen molar-refractivity contribution in [2.75, 3.05) is 11.9 Å². The van der Waals surface area contributed by atoms with E-state index in [1.165, 1.54) is 30.3 Å². The number of amides is 2. The Morgan fingerprint density at radius 2 is 1.96 bits per heavy atom. The first kappa shape index (κ1) is 15.9. The van der Waals surface area contributed by atoms with Crippen molar-refractivity contribution in [3.8, 4) is 5.75 Å². The van der Waals surface area contributed by atoms with Crippen molar-refractivity contribution in [1.29, 1.82) is 0 Å². The maximum Gasteiger partial charge on any atom is 0.267 e. The molecule has 7 nitrogen and oxygen atoms in total. The van der Waals surface area contributed by atoms with Crippen LogP contribution in [0.15, 0.2) is 47.4 Å². The molecule has 3 rings (SSSR count). The fourth-order valence-electron chi connectivity index (χ4n) is 2.11. The molecule has 0 saturated carbocycles. The second kappa shape index (κ2) is 5.93. The highest BCUT2D eigenvalue weighted by molar-refractivity contribution is 7.90. The van der Waals surface area contributed by atoms with Crippen LogP contribution in [0, 0.1) is 5.82 Å². The molecule has 2 N–H and O–H groups in total. The molecule has 9 heteroatoms. The summed E-state index contributed by atoms with van der Waals surface area (Å²) in [5.41, 5.74) is -0.219. The van der Waals surface area contributed by atoms with E-state index in [2.05, 4.69) is 5.32 Å². The van der Waals surface area contributed by atoms with Gasteiger partial charge in [0.2, 0.25) is 0 Å². The molecule has 1 aliphatic heterocycles. The molecule has 24 heavy (non-hydrogen) atoms. The first-order valence-electron chi connectivity index (χ1n) is 6.75. The van der Waals surface area contributed by atoms with Crippen molar-refractivity contribution in [2.45, 2.75) is 4.90 Å². The summed E-state index contributed by atoms with van der Waals surface area (Å²) in [4.78, 5) is 23.0. The Labute approximate surface area is 136 Å². The molecule has 1 heterocycles. The van der Waals surface area contributed by atoms with Crippen LogP contribution >= 0.6 is 0 Å². The van der Waals surface area contributed by atoms with Crippen molar-refractivity contribution >= 4 is 27.5 Å². The monoisotopic (exact) mass is 350 g/mol. The van der Waals surface area contributed by atoms with Crippen LogP contribution in [0.4, 0.5) is 10.1 Å². The predicted octanol–water partition coefficient (Wildman–Crippen LogP) is 1.28. The minimum Gasteiger partial charge on any atom is -0.482 e. The molecule has 0 fully saturated rings. The Hall–Kier alpha value is -2.94. The second-order valence-electron chi connectivity index (χ2n) is 4.91. The first-order chi connectivity index (χ1) is 11.4. The average molecular weight is 350 g/mol. The van der Waals surface area contributed by atoms with Gasteiger partial charge >= 0.3 is 0 Å². The van der Waals surface area contributed by atoms with Gasteiger partial charge < -0.3 is 10.1 Å². The molecule has 0 aliphatic carbocycles. The van der Waals surface area contributed by atoms with Crippen LogP contribution in [0.2, 0.25) is 0 Å². The molecular weight excluding hydrogens is 339 g/mol. The number of nitrogens with one attached hydrogen (secondary N) is 2. The highest BCUT2D eigenvalue weighted by atomic mass is 32.2. The number of benzene rings is 2. The topological polar surface area (TPSA) is 102 Å². The van der Waals surface area contributed by atoms with Crippen molar-refractivity contribution in [1.82, 2.24) is 4.72 Å². The Balaban J connectivity index is 1.89. The van der Waals surface area contributed by atoms with Gasteiger partial charge in [0.15, 0.2) is 6.61 Å². The Bertz CT molecular complexity index is 943. The van der Waals surface area contributed by atoms with Crippen LogP contribution in [-0.4, -0.2) is 26.8 Å². The molecule has 0 saturated heterocycles. The molecule has 0 aromatic heterocycles. The van der Waals surface area contributed by atoms with Crippen molar-refractivity contribution < 1.29 is 27.1 Å². The fourth-order valence-corrected chi connectivity index (χ4v) is 3.10. The number of ether oxygens (including phenoxy) is 1. The van der Waals surface area contributed by atoms with Crippen molar-refractivity contribution in [3.05, 3.63) is 53.8 Å². The van der Waals surface area contributed by atoms with E-state index in [9.17, 15) is 22.4 Å². The molecule has 0 atom stereocenters. The van der Waals surface area contributed by atoms with Gasteiger partial charge in [0.05, 0.1) is 16.1 Å². The number of rotatable bonds is 3. The highest BCUT2D eigenvalue weighted by Gasteiger charge is 2.24. The van der Waals surface area contributed by atoms with E-state index < -0.39 is 33.2 Å². The number of sulfonamides is 1. The number of halogens is 1. The number of hydrogen-bond donors (Lipinski definition) is 2. The van der Waals surface area contributed by atoms with Crippen LogP contribution in [0.25, 0.3) is 0 Å². The number of carbonyl (C=O) groups excluding carboxylic acids is 2. The maximum atomic E-state index is 13.6. The molecule has 2 amide bonds. The van der Waals surface area contributed by atoms with Crippen LogP contribution < -0.4 is 14.8 Å². The summed E-state index contributed by atoms with van der Waals surface area (Å²) in [5.74, 6) is -2.04. The number of fused-ring (bicyclic) bond motifs is 1. The van der Waals surface area contributed by atoms with Gasteiger partial charge in [-0.25, -0.2) is 17.5 Å². The largest absolute Gasteiger partial charge is 0.482 e. The molecule has 1 aliphatic rings. The quantitative estimate of drug-likeness (QED) is 0.868. The molecule has 0 radical (unpaired) electrons. The smallest absolute Gasteiger partial charge is 0.267 e. The summed E-state index contributed by atoms with van der Waals surface area (Å²) in [6.45, 7) is -0.164. The van der Waals surface area contributed by atoms with E-state index in [1.807, 2.05) is 0 Å². The summed E-state index contributed by atoms with van der Waals surface area (Å²) in [6, 6.07) is 8.74. The van der Waals surface area contributed by atoms with Gasteiger partial charge in [0, 0.05) is 0 Å². The first-order valence-corrected chi connectivity index (χ1v) is 8.23. The van der Waals surface area contributed by atoms with E-state index in [4.69, 9.17) is 4.74 Å². The van der Waals surface area contributed by atoms with Crippen LogP contribution in [-0.2, 0) is 14.8 Å². The Kier molecular flexibility index (Phi) is 3.94. The lowest BCUT2D eigenvalue weighted by Crippen LogP contribution is -2.31. The minimum absolute atomic E-state index is 0.164. The Morgan fingerprint density at radius 1 is 1.21 bits per heavy atom. The van der Waals surface area contributed by atoms with Gasteiger partial charge in [0.25, 0.3) is 21.8 Å². The zero-order chi connectivity index (χ0) is 17.3. The van der Waals surface area contributed by atoms with Gasteiger partial charge in [-0.15, -0.1) is 0 Å². The van der Waals surface area contributed by atoms with E-state index in [-0.39, 0.29) is 17.2 Å². The zero-order valence-corrected chi connectivity index (χ0v) is 12.9. The lowest BCUT2D eigenvalue weighted by molar-refractivity contribution is -0.118.